The molecular formula is C90H117BBr3ClN24O20. The Balaban J connectivity index is 0.000000169. The molecule has 4 aliphatic carbocycles. The van der Waals surface area contributed by atoms with Crippen molar-refractivity contribution in [2.45, 2.75) is 284 Å². The molecule has 8 aromatic rings. The summed E-state index contributed by atoms with van der Waals surface area (Å²) >= 11 is 15.2. The van der Waals surface area contributed by atoms with Gasteiger partial charge in [0.05, 0.1) is 19.9 Å². The first kappa shape index (κ1) is 107. The van der Waals surface area contributed by atoms with Crippen molar-refractivity contribution in [2.75, 3.05) is 57.2 Å². The average Bonchev–Trinajstić information content (AvgIpc) is 1.59. The van der Waals surface area contributed by atoms with E-state index in [-0.39, 0.29) is 124 Å². The minimum Gasteiger partial charge on any atom is -0.467 e. The molecule has 0 atom stereocenters. The monoisotopic (exact) mass is 2140 g/mol. The lowest BCUT2D eigenvalue weighted by Gasteiger charge is -2.35. The van der Waals surface area contributed by atoms with Gasteiger partial charge in [0.1, 0.15) is 119 Å². The molecule has 0 saturated heterocycles. The molecule has 0 radical (unpaired) electrons. The van der Waals surface area contributed by atoms with Crippen LogP contribution < -0.4 is 107 Å². The highest BCUT2D eigenvalue weighted by Crippen LogP contribution is 2.43. The van der Waals surface area contributed by atoms with Crippen LogP contribution in [0.25, 0.3) is 0 Å². The predicted molar refractivity (Wildman–Crippen MR) is 533 cm³/mol. The van der Waals surface area contributed by atoms with Gasteiger partial charge in [0.25, 0.3) is 45.9 Å². The Bertz CT molecular complexity index is 6270. The molecular weight excluding hydrogens is 2020 g/mol. The summed E-state index contributed by atoms with van der Waals surface area (Å²) in [5.41, 5.74) is 13.7. The number of carbonyl (C=O) groups excluding carboxylic acids is 8. The number of nitrogens with one attached hydrogen (secondary N) is 9. The molecule has 16 rings (SSSR count). The van der Waals surface area contributed by atoms with Gasteiger partial charge in [-0.2, -0.15) is 39.7 Å². The van der Waals surface area contributed by atoms with Gasteiger partial charge >= 0.3 is 51.0 Å². The van der Waals surface area contributed by atoms with Crippen LogP contribution in [0, 0.1) is 27.7 Å². The average molecular weight is 2140 g/mol. The molecule has 4 saturated carbocycles. The van der Waals surface area contributed by atoms with Crippen molar-refractivity contribution in [2.24, 2.45) is 0 Å². The second kappa shape index (κ2) is 42.5. The topological polar surface area (TPSA) is 592 Å². The van der Waals surface area contributed by atoms with Crippen LogP contribution in [0.1, 0.15) is 276 Å². The van der Waals surface area contributed by atoms with Crippen molar-refractivity contribution >= 4 is 174 Å². The number of anilines is 11. The Morgan fingerprint density at radius 2 is 0.633 bits per heavy atom. The third-order valence-corrected chi connectivity index (χ3v) is 23.3. The normalized spacial score (nSPS) is 16.3. The Hall–Kier alpha value is -12.7. The largest absolute Gasteiger partial charge is 0.467 e. The summed E-state index contributed by atoms with van der Waals surface area (Å²) in [7, 11) is 2.66. The van der Waals surface area contributed by atoms with Crippen LogP contribution in [0.3, 0.4) is 0 Å². The molecule has 0 aromatic carbocycles. The second-order valence-electron chi connectivity index (χ2n) is 38.5. The SMILES string of the molecule is BrB(Br)Br.COc1nc(Cl)cc(N(C(=O)OC(C)(C)C)C(=O)OC(C)(C)C)n1.COc1nc(Nc2cc(C)c3n(c2=O)C2(CCCCC2)NC3=O)cc(N(C(=O)OC(C)(C)C)C(=O)OC(C)(C)C)n1.Cc1cc(N)c(=O)n2c1C(=O)NC21CCCCC1.Cc1cc(Nc2cc(N)[nH]c(=O)n2)c(=O)n2c1C(=O)NC21CCCCC1.Cc1cc(Nc2cc(N)[nH]c(=O)n2)c(=O)n2c1C(=O)NC21CCCCC1. The molecule has 8 amide bonds. The summed E-state index contributed by atoms with van der Waals surface area (Å²) in [6.45, 7) is 27.2. The number of imide groups is 2. The van der Waals surface area contributed by atoms with E-state index in [4.69, 9.17) is 57.2 Å². The molecule has 4 spiro atoms. The number of methoxy groups -OCH3 is 2. The highest BCUT2D eigenvalue weighted by atomic mass is 79.9. The number of fused-ring (bicyclic) bond motifs is 8. The summed E-state index contributed by atoms with van der Waals surface area (Å²) in [6, 6.07) is 11.5. The van der Waals surface area contributed by atoms with Crippen LogP contribution in [0.15, 0.2) is 77.3 Å². The lowest BCUT2D eigenvalue weighted by Crippen LogP contribution is -2.48. The lowest BCUT2D eigenvalue weighted by atomic mass is 9.89. The van der Waals surface area contributed by atoms with E-state index < -0.39 is 86.4 Å². The molecule has 0 bridgehead atoms. The second-order valence-corrected chi connectivity index (χ2v) is 45.4. The zero-order valence-corrected chi connectivity index (χ0v) is 86.1. The number of aromatic amines is 2. The number of aryl methyl sites for hydroxylation is 4. The molecule has 4 aliphatic heterocycles. The number of pyridine rings is 4. The van der Waals surface area contributed by atoms with Crippen molar-refractivity contribution in [3.8, 4) is 12.0 Å². The van der Waals surface area contributed by atoms with Gasteiger partial charge in [-0.3, -0.25) is 66.6 Å². The van der Waals surface area contributed by atoms with E-state index in [1.54, 1.807) is 146 Å². The van der Waals surface area contributed by atoms with Gasteiger partial charge in [0, 0.05) is 24.3 Å². The fourth-order valence-corrected chi connectivity index (χ4v) is 18.0. The number of rotatable bonds is 10. The Kier molecular flexibility index (Phi) is 32.7. The van der Waals surface area contributed by atoms with E-state index >= 15 is 0 Å². The summed E-state index contributed by atoms with van der Waals surface area (Å²) in [5.74, 6) is -0.449. The van der Waals surface area contributed by atoms with Crippen LogP contribution in [-0.4, -0.2) is 146 Å². The fourth-order valence-electron chi connectivity index (χ4n) is 17.8. The first-order valence-electron chi connectivity index (χ1n) is 45.1. The highest BCUT2D eigenvalue weighted by molar-refractivity contribution is 9.69. The summed E-state index contributed by atoms with van der Waals surface area (Å²) < 4.78 is 38.2. The van der Waals surface area contributed by atoms with Crippen molar-refractivity contribution in [3.63, 3.8) is 0 Å². The quantitative estimate of drug-likeness (QED) is 0.0344. The first-order chi connectivity index (χ1) is 64.9. The number of nitrogens with zero attached hydrogens (tertiary/aromatic N) is 12. The van der Waals surface area contributed by atoms with Crippen molar-refractivity contribution in [3.05, 3.63) is 161 Å². The molecule has 12 heterocycles. The lowest BCUT2D eigenvalue weighted by molar-refractivity contribution is 0.0406. The number of hydrogen-bond donors (Lipinski definition) is 12. The number of amides is 8. The van der Waals surface area contributed by atoms with Crippen molar-refractivity contribution < 1.29 is 66.8 Å². The number of halogens is 4. The van der Waals surface area contributed by atoms with E-state index in [1.807, 2.05) is 6.92 Å². The number of aromatic nitrogens is 12. The summed E-state index contributed by atoms with van der Waals surface area (Å²) in [5, 5.41) is 20.9. The molecule has 4 fully saturated rings. The third kappa shape index (κ3) is 25.1. The maximum absolute atomic E-state index is 13.8. The number of carbonyl (C=O) groups is 8. The Labute approximate surface area is 829 Å². The van der Waals surface area contributed by atoms with Gasteiger partial charge < -0.3 is 82.8 Å². The van der Waals surface area contributed by atoms with Crippen LogP contribution >= 0.6 is 58.9 Å². The molecule has 49 heteroatoms. The van der Waals surface area contributed by atoms with Gasteiger partial charge in [-0.05, 0) is 260 Å². The van der Waals surface area contributed by atoms with Gasteiger partial charge in [-0.25, -0.2) is 28.8 Å². The molecule has 748 valence electrons. The van der Waals surface area contributed by atoms with Crippen LogP contribution in [0.4, 0.5) is 82.7 Å². The minimum absolute atomic E-state index is 0.00559. The maximum atomic E-state index is 13.8. The smallest absolute Gasteiger partial charge is 0.425 e. The van der Waals surface area contributed by atoms with E-state index in [0.717, 1.165) is 121 Å². The zero-order valence-electron chi connectivity index (χ0n) is 80.6. The number of H-pyrrole nitrogens is 2. The van der Waals surface area contributed by atoms with E-state index in [1.165, 1.54) is 38.5 Å². The Morgan fingerprint density at radius 1 is 0.381 bits per heavy atom. The van der Waals surface area contributed by atoms with Gasteiger partial charge in [0.15, 0.2) is 11.6 Å². The Morgan fingerprint density at radius 3 is 0.899 bits per heavy atom. The highest BCUT2D eigenvalue weighted by Gasteiger charge is 2.50. The number of hydrogen-bond acceptors (Lipinski definition) is 32. The number of ether oxygens (including phenoxy) is 6. The van der Waals surface area contributed by atoms with Gasteiger partial charge in [-0.1, -0.05) is 37.3 Å². The summed E-state index contributed by atoms with van der Waals surface area (Å²) in [6.07, 6.45) is 13.9. The van der Waals surface area contributed by atoms with Gasteiger partial charge in [0.2, 0.25) is 0 Å². The van der Waals surface area contributed by atoms with Gasteiger partial charge in [-0.15, -0.1) is 47.3 Å². The zero-order chi connectivity index (χ0) is 102. The predicted octanol–water partition coefficient (Wildman–Crippen LogP) is 13.7. The van der Waals surface area contributed by atoms with E-state index in [9.17, 15) is 67.1 Å². The molecule has 8 aromatic heterocycles. The van der Waals surface area contributed by atoms with Crippen LogP contribution in [-0.2, 0) is 41.6 Å². The summed E-state index contributed by atoms with van der Waals surface area (Å²) in [4.78, 5) is 206. The number of nitrogens with two attached hydrogens (primary N) is 3. The molecule has 15 N–H and O–H groups in total. The minimum atomic E-state index is -1.02. The van der Waals surface area contributed by atoms with Crippen molar-refractivity contribution in [1.29, 1.82) is 0 Å². The van der Waals surface area contributed by atoms with Crippen LogP contribution in [0.5, 0.6) is 12.0 Å². The fraction of sp³-hybridized carbons (Fsp3) is 0.511. The molecule has 0 unspecified atom stereocenters. The first-order valence-corrected chi connectivity index (χ1v) is 48.2. The van der Waals surface area contributed by atoms with Crippen molar-refractivity contribution in [1.82, 2.24) is 79.4 Å². The number of nitrogen functional groups attached to an aromatic ring is 3. The molecule has 44 nitrogen and oxygen atoms in total. The molecule has 139 heavy (non-hydrogen) atoms. The van der Waals surface area contributed by atoms with E-state index in [2.05, 4.69) is 124 Å². The molecule has 8 aliphatic rings. The van der Waals surface area contributed by atoms with Crippen LogP contribution in [0.2, 0.25) is 5.15 Å². The standard InChI is InChI=1S/C28H38N6O7.2C17H20N6O3.C15H22ClN3O5.C13H17N3O2.BBr3/c1-16-14-17(22(36)34-20(16)21(35)32-28(34)12-10-9-11-13-28)29-18-15-19(31-23(30-18)39-8)33(24(37)40-26(2,3)4)25(38)41-27(5,6)7;2*1-9-7-10(19-12-8-11(18)20-16(26)21-12)15(25)23-13(9)14(24)22-17(23)5-3-2-4-6-17;1-14(2,3)23-12(20)19(13(21)24-15(4,5)6)10-8-9(16)17-11(18-10)22-7;1-8-7-9(14)12(18)16-10(8)11(17)15-13(16)5-3-2-4-6-13;2-1(3)4/h14-15H,9-13H2,1-8H3,(H,32,35)(H,29,30,31);2*7-8H,2-6H2,1H3,(H,22,24)(H4,18,19,20,21,26);8H,1-7H3;7H,2-6,14H2,1H3,(H,15,17);. The maximum Gasteiger partial charge on any atom is 0.425 e. The third-order valence-electron chi connectivity index (χ3n) is 23.1. The van der Waals surface area contributed by atoms with E-state index in [0.29, 0.717) is 62.1 Å².